The van der Waals surface area contributed by atoms with E-state index in [9.17, 15) is 9.90 Å². The van der Waals surface area contributed by atoms with Crippen molar-refractivity contribution in [3.05, 3.63) is 54.1 Å². The first-order valence-electron chi connectivity index (χ1n) is 8.41. The standard InChI is InChI=1S/C20H18N4O3/c1-13(2)24-16-9-5-4-8-15(16)19(20(24)26)23-22-18(25)12-27-17-10-6-3-7-14(17)11-21/h3-10,13,26H,12H2,1-2H3. The molecule has 7 heteroatoms. The molecule has 0 unspecified atom stereocenters. The molecule has 0 saturated heterocycles. The van der Waals surface area contributed by atoms with Crippen LogP contribution in [0.3, 0.4) is 0 Å². The smallest absolute Gasteiger partial charge is 0.302 e. The Morgan fingerprint density at radius 1 is 1.22 bits per heavy atom. The first kappa shape index (κ1) is 18.1. The van der Waals surface area contributed by atoms with Gasteiger partial charge in [-0.3, -0.25) is 4.79 Å². The Bertz CT molecular complexity index is 1060. The van der Waals surface area contributed by atoms with Crippen LogP contribution in [0.4, 0.5) is 5.69 Å². The van der Waals surface area contributed by atoms with Crippen LogP contribution in [0.15, 0.2) is 58.8 Å². The highest BCUT2D eigenvalue weighted by molar-refractivity contribution is 5.95. The fourth-order valence-corrected chi connectivity index (χ4v) is 2.81. The van der Waals surface area contributed by atoms with Gasteiger partial charge in [-0.1, -0.05) is 30.3 Å². The van der Waals surface area contributed by atoms with Crippen molar-refractivity contribution < 1.29 is 14.6 Å². The normalized spacial score (nSPS) is 11.2. The lowest BCUT2D eigenvalue weighted by molar-refractivity contribution is -0.120. The lowest BCUT2D eigenvalue weighted by Crippen LogP contribution is -2.08. The van der Waals surface area contributed by atoms with Crippen LogP contribution in [0, 0.1) is 11.3 Å². The highest BCUT2D eigenvalue weighted by atomic mass is 16.5. The molecule has 27 heavy (non-hydrogen) atoms. The van der Waals surface area contributed by atoms with E-state index in [2.05, 4.69) is 10.2 Å². The molecule has 1 amide bonds. The number of aromatic hydroxyl groups is 1. The number of rotatable bonds is 5. The van der Waals surface area contributed by atoms with Crippen LogP contribution in [0.2, 0.25) is 0 Å². The number of nitriles is 1. The summed E-state index contributed by atoms with van der Waals surface area (Å²) < 4.78 is 7.08. The molecule has 0 aliphatic heterocycles. The number of aromatic nitrogens is 1. The van der Waals surface area contributed by atoms with E-state index in [0.717, 1.165) is 5.52 Å². The fraction of sp³-hybridized carbons (Fsp3) is 0.200. The third kappa shape index (κ3) is 3.65. The molecule has 3 aromatic rings. The summed E-state index contributed by atoms with van der Waals surface area (Å²) >= 11 is 0. The summed E-state index contributed by atoms with van der Waals surface area (Å²) in [7, 11) is 0. The minimum Gasteiger partial charge on any atom is -0.493 e. The van der Waals surface area contributed by atoms with Gasteiger partial charge in [0.05, 0.1) is 11.1 Å². The van der Waals surface area contributed by atoms with Crippen LogP contribution in [0.5, 0.6) is 11.6 Å². The van der Waals surface area contributed by atoms with E-state index in [-0.39, 0.29) is 24.2 Å². The van der Waals surface area contributed by atoms with Crippen LogP contribution in [0.1, 0.15) is 25.5 Å². The van der Waals surface area contributed by atoms with Crippen LogP contribution >= 0.6 is 0 Å². The largest absolute Gasteiger partial charge is 0.493 e. The molecule has 0 spiro atoms. The molecule has 0 saturated carbocycles. The van der Waals surface area contributed by atoms with Crippen molar-refractivity contribution in [3.63, 3.8) is 0 Å². The van der Waals surface area contributed by atoms with Crippen molar-refractivity contribution in [1.82, 2.24) is 4.57 Å². The quantitative estimate of drug-likeness (QED) is 0.676. The van der Waals surface area contributed by atoms with E-state index in [0.29, 0.717) is 16.7 Å². The third-order valence-corrected chi connectivity index (χ3v) is 4.00. The molecule has 7 nitrogen and oxygen atoms in total. The maximum Gasteiger partial charge on any atom is 0.302 e. The third-order valence-electron chi connectivity index (χ3n) is 4.00. The number of ether oxygens (including phenoxy) is 1. The second kappa shape index (κ2) is 7.70. The zero-order chi connectivity index (χ0) is 19.4. The number of para-hydroxylation sites is 2. The van der Waals surface area contributed by atoms with Crippen molar-refractivity contribution in [2.75, 3.05) is 6.61 Å². The van der Waals surface area contributed by atoms with Gasteiger partial charge in [0.15, 0.2) is 12.3 Å². The van der Waals surface area contributed by atoms with Gasteiger partial charge in [-0.2, -0.15) is 5.26 Å². The van der Waals surface area contributed by atoms with Gasteiger partial charge in [0, 0.05) is 11.4 Å². The molecule has 3 rings (SSSR count). The Balaban J connectivity index is 1.81. The number of benzene rings is 2. The van der Waals surface area contributed by atoms with E-state index in [4.69, 9.17) is 10.00 Å². The van der Waals surface area contributed by atoms with Crippen LogP contribution in [0.25, 0.3) is 10.9 Å². The molecule has 0 atom stereocenters. The monoisotopic (exact) mass is 362 g/mol. The number of fused-ring (bicyclic) bond motifs is 1. The Labute approximate surface area is 156 Å². The first-order valence-corrected chi connectivity index (χ1v) is 8.41. The van der Waals surface area contributed by atoms with Crippen molar-refractivity contribution in [2.24, 2.45) is 10.2 Å². The SMILES string of the molecule is CC(C)n1c(O)c(N=NC(=O)COc2ccccc2C#N)c2ccccc21. The van der Waals surface area contributed by atoms with Crippen molar-refractivity contribution >= 4 is 22.5 Å². The van der Waals surface area contributed by atoms with Gasteiger partial charge in [-0.25, -0.2) is 0 Å². The molecule has 0 fully saturated rings. The lowest BCUT2D eigenvalue weighted by Gasteiger charge is -2.10. The maximum atomic E-state index is 12.0. The number of hydrogen-bond donors (Lipinski definition) is 1. The van der Waals surface area contributed by atoms with Crippen LogP contribution in [-0.2, 0) is 4.79 Å². The number of amides is 1. The summed E-state index contributed by atoms with van der Waals surface area (Å²) in [5.41, 5.74) is 1.38. The average Bonchev–Trinajstić information content (AvgIpc) is 2.96. The number of hydrogen-bond acceptors (Lipinski definition) is 5. The van der Waals surface area contributed by atoms with Gasteiger partial charge in [-0.15, -0.1) is 10.2 Å². The van der Waals surface area contributed by atoms with E-state index in [1.165, 1.54) is 0 Å². The van der Waals surface area contributed by atoms with Gasteiger partial charge in [0.2, 0.25) is 5.88 Å². The maximum absolute atomic E-state index is 12.0. The molecule has 0 aliphatic carbocycles. The zero-order valence-corrected chi connectivity index (χ0v) is 15.0. The van der Waals surface area contributed by atoms with Crippen LogP contribution < -0.4 is 4.74 Å². The topological polar surface area (TPSA) is 100.0 Å². The van der Waals surface area contributed by atoms with E-state index < -0.39 is 5.91 Å². The zero-order valence-electron chi connectivity index (χ0n) is 15.0. The fourth-order valence-electron chi connectivity index (χ4n) is 2.81. The average molecular weight is 362 g/mol. The highest BCUT2D eigenvalue weighted by Gasteiger charge is 2.18. The molecule has 1 N–H and O–H groups in total. The van der Waals surface area contributed by atoms with Crippen molar-refractivity contribution in [3.8, 4) is 17.7 Å². The van der Waals surface area contributed by atoms with E-state index >= 15 is 0 Å². The number of nitrogens with zero attached hydrogens (tertiary/aromatic N) is 4. The van der Waals surface area contributed by atoms with E-state index in [1.54, 1.807) is 28.8 Å². The molecule has 0 radical (unpaired) electrons. The molecule has 1 aromatic heterocycles. The minimum absolute atomic E-state index is 0.0142. The summed E-state index contributed by atoms with van der Waals surface area (Å²) in [5.74, 6) is -0.357. The summed E-state index contributed by atoms with van der Waals surface area (Å²) in [5, 5.41) is 27.8. The van der Waals surface area contributed by atoms with Gasteiger partial charge < -0.3 is 14.4 Å². The number of azo groups is 1. The summed E-state index contributed by atoms with van der Waals surface area (Å²) in [6.07, 6.45) is 0. The lowest BCUT2D eigenvalue weighted by atomic mass is 10.2. The van der Waals surface area contributed by atoms with Gasteiger partial charge in [0.25, 0.3) is 0 Å². The molecule has 1 heterocycles. The number of carbonyl (C=O) groups excluding carboxylic acids is 1. The molecule has 0 bridgehead atoms. The second-order valence-electron chi connectivity index (χ2n) is 6.14. The predicted octanol–water partition coefficient (Wildman–Crippen LogP) is 4.49. The summed E-state index contributed by atoms with van der Waals surface area (Å²) in [6, 6.07) is 16.0. The Morgan fingerprint density at radius 2 is 1.93 bits per heavy atom. The first-order chi connectivity index (χ1) is 13.0. The molecular formula is C20H18N4O3. The molecule has 136 valence electrons. The summed E-state index contributed by atoms with van der Waals surface area (Å²) in [6.45, 7) is 3.53. The number of carbonyl (C=O) groups is 1. The van der Waals surface area contributed by atoms with Gasteiger partial charge >= 0.3 is 5.91 Å². The Morgan fingerprint density at radius 3 is 2.67 bits per heavy atom. The Hall–Kier alpha value is -3.66. The molecule has 0 aliphatic rings. The predicted molar refractivity (Wildman–Crippen MR) is 100 cm³/mol. The van der Waals surface area contributed by atoms with Crippen molar-refractivity contribution in [1.29, 1.82) is 5.26 Å². The van der Waals surface area contributed by atoms with Crippen LogP contribution in [-0.4, -0.2) is 22.2 Å². The minimum atomic E-state index is -0.622. The van der Waals surface area contributed by atoms with Crippen molar-refractivity contribution in [2.45, 2.75) is 19.9 Å². The summed E-state index contributed by atoms with van der Waals surface area (Å²) in [4.78, 5) is 12.0. The van der Waals surface area contributed by atoms with E-state index in [1.807, 2.05) is 44.2 Å². The van der Waals surface area contributed by atoms with Gasteiger partial charge in [0.1, 0.15) is 11.8 Å². The highest BCUT2D eigenvalue weighted by Crippen LogP contribution is 2.40. The molecule has 2 aromatic carbocycles. The van der Waals surface area contributed by atoms with Gasteiger partial charge in [-0.05, 0) is 32.0 Å². The molecular weight excluding hydrogens is 344 g/mol. The second-order valence-corrected chi connectivity index (χ2v) is 6.14. The Kier molecular flexibility index (Phi) is 5.18.